The number of hydrogen-bond acceptors (Lipinski definition) is 5. The summed E-state index contributed by atoms with van der Waals surface area (Å²) in [6.45, 7) is 3.76. The molecule has 7 nitrogen and oxygen atoms in total. The van der Waals surface area contributed by atoms with Gasteiger partial charge in [0.25, 0.3) is 0 Å². The van der Waals surface area contributed by atoms with E-state index in [1.165, 1.54) is 0 Å². The molecule has 0 aliphatic rings. The minimum absolute atomic E-state index is 0.0468. The molecule has 0 aliphatic heterocycles. The maximum absolute atomic E-state index is 11.6. The molecule has 2 atom stereocenters. The molecule has 2 rings (SSSR count). The second-order valence-corrected chi connectivity index (χ2v) is 5.99. The van der Waals surface area contributed by atoms with Crippen LogP contribution in [-0.4, -0.2) is 36.7 Å². The van der Waals surface area contributed by atoms with Gasteiger partial charge in [0.1, 0.15) is 4.60 Å². The molecule has 112 valence electrons. The summed E-state index contributed by atoms with van der Waals surface area (Å²) in [6.07, 6.45) is 2.21. The molecule has 0 amide bonds. The van der Waals surface area contributed by atoms with Crippen LogP contribution in [0, 0.1) is 11.8 Å². The highest BCUT2D eigenvalue weighted by Gasteiger charge is 2.34. The summed E-state index contributed by atoms with van der Waals surface area (Å²) in [5, 5.41) is 23.4. The molecule has 0 saturated carbocycles. The summed E-state index contributed by atoms with van der Waals surface area (Å²) in [5.41, 5.74) is 0.930. The Kier molecular flexibility index (Phi) is 5.00. The van der Waals surface area contributed by atoms with Gasteiger partial charge in [-0.25, -0.2) is 4.98 Å². The number of aromatic nitrogens is 5. The Morgan fingerprint density at radius 1 is 1.43 bits per heavy atom. The van der Waals surface area contributed by atoms with Gasteiger partial charge in [-0.15, -0.1) is 10.2 Å². The van der Waals surface area contributed by atoms with E-state index in [1.807, 2.05) is 26.0 Å². The third-order valence-electron chi connectivity index (χ3n) is 3.37. The Bertz CT molecular complexity index is 585. The van der Waals surface area contributed by atoms with Crippen molar-refractivity contribution < 1.29 is 9.90 Å². The number of aliphatic carboxylic acids is 1. The Morgan fingerprint density at radius 3 is 2.67 bits per heavy atom. The lowest BCUT2D eigenvalue weighted by molar-refractivity contribution is -0.144. The van der Waals surface area contributed by atoms with Crippen molar-refractivity contribution in [2.75, 3.05) is 0 Å². The Morgan fingerprint density at radius 2 is 2.19 bits per heavy atom. The molecule has 2 N–H and O–H groups in total. The molecule has 0 aliphatic carbocycles. The van der Waals surface area contributed by atoms with Crippen molar-refractivity contribution in [3.05, 3.63) is 34.3 Å². The first kappa shape index (κ1) is 15.6. The van der Waals surface area contributed by atoms with Gasteiger partial charge < -0.3 is 5.11 Å². The van der Waals surface area contributed by atoms with E-state index in [1.54, 1.807) is 6.20 Å². The lowest BCUT2D eigenvalue weighted by atomic mass is 9.79. The van der Waals surface area contributed by atoms with Crippen LogP contribution >= 0.6 is 15.9 Å². The van der Waals surface area contributed by atoms with E-state index in [0.717, 1.165) is 10.2 Å². The highest BCUT2D eigenvalue weighted by molar-refractivity contribution is 9.10. The first-order valence-corrected chi connectivity index (χ1v) is 7.35. The van der Waals surface area contributed by atoms with E-state index < -0.39 is 11.9 Å². The van der Waals surface area contributed by atoms with Crippen LogP contribution in [0.5, 0.6) is 0 Å². The standard InChI is InChI=1S/C13H16BrN5O2/c1-7(2)11(13(20)21)9(12-16-18-19-17-12)5-8-3-4-10(14)15-6-8/h3-4,6-7,9,11H,5H2,1-2H3,(H,20,21)(H,16,17,18,19). The number of aromatic amines is 1. The van der Waals surface area contributed by atoms with Crippen LogP contribution in [0.1, 0.15) is 31.2 Å². The predicted molar refractivity (Wildman–Crippen MR) is 78.5 cm³/mol. The Labute approximate surface area is 130 Å². The molecular formula is C13H16BrN5O2. The smallest absolute Gasteiger partial charge is 0.307 e. The van der Waals surface area contributed by atoms with Gasteiger partial charge >= 0.3 is 5.97 Å². The van der Waals surface area contributed by atoms with E-state index in [9.17, 15) is 9.90 Å². The van der Waals surface area contributed by atoms with Crippen molar-refractivity contribution in [3.8, 4) is 0 Å². The fraction of sp³-hybridized carbons (Fsp3) is 0.462. The van der Waals surface area contributed by atoms with Crippen LogP contribution in [0.4, 0.5) is 0 Å². The largest absolute Gasteiger partial charge is 0.481 e. The molecule has 2 aromatic heterocycles. The zero-order chi connectivity index (χ0) is 15.4. The molecule has 0 fully saturated rings. The summed E-state index contributed by atoms with van der Waals surface area (Å²) in [6, 6.07) is 3.73. The summed E-state index contributed by atoms with van der Waals surface area (Å²) in [4.78, 5) is 15.8. The topological polar surface area (TPSA) is 105 Å². The SMILES string of the molecule is CC(C)C(C(=O)O)C(Cc1ccc(Br)nc1)c1nn[nH]n1. The molecule has 2 heterocycles. The van der Waals surface area contributed by atoms with Crippen molar-refractivity contribution in [2.24, 2.45) is 11.8 Å². The predicted octanol–water partition coefficient (Wildman–Crippen LogP) is 2.04. The van der Waals surface area contributed by atoms with Crippen molar-refractivity contribution in [1.29, 1.82) is 0 Å². The van der Waals surface area contributed by atoms with Gasteiger partial charge in [0.05, 0.1) is 5.92 Å². The van der Waals surface area contributed by atoms with Gasteiger partial charge in [-0.1, -0.05) is 25.1 Å². The van der Waals surface area contributed by atoms with Crippen molar-refractivity contribution in [3.63, 3.8) is 0 Å². The first-order valence-electron chi connectivity index (χ1n) is 6.55. The van der Waals surface area contributed by atoms with Crippen LogP contribution in [0.25, 0.3) is 0 Å². The van der Waals surface area contributed by atoms with Crippen molar-refractivity contribution in [2.45, 2.75) is 26.2 Å². The second-order valence-electron chi connectivity index (χ2n) is 5.18. The second kappa shape index (κ2) is 6.75. The number of carboxylic acids is 1. The highest BCUT2D eigenvalue weighted by atomic mass is 79.9. The molecular weight excluding hydrogens is 338 g/mol. The first-order chi connectivity index (χ1) is 9.99. The minimum Gasteiger partial charge on any atom is -0.481 e. The van der Waals surface area contributed by atoms with Gasteiger partial charge in [0, 0.05) is 12.1 Å². The molecule has 0 spiro atoms. The fourth-order valence-corrected chi connectivity index (χ4v) is 2.64. The minimum atomic E-state index is -0.857. The van der Waals surface area contributed by atoms with Crippen molar-refractivity contribution >= 4 is 21.9 Å². The summed E-state index contributed by atoms with van der Waals surface area (Å²) >= 11 is 3.28. The van der Waals surface area contributed by atoms with Gasteiger partial charge in [-0.2, -0.15) is 5.21 Å². The number of halogens is 1. The van der Waals surface area contributed by atoms with Gasteiger partial charge in [0.15, 0.2) is 5.82 Å². The van der Waals surface area contributed by atoms with Gasteiger partial charge in [0.2, 0.25) is 0 Å². The number of H-pyrrole nitrogens is 1. The highest BCUT2D eigenvalue weighted by Crippen LogP contribution is 2.31. The van der Waals surface area contributed by atoms with Crippen LogP contribution in [0.3, 0.4) is 0 Å². The number of carboxylic acid groups (broad SMARTS) is 1. The van der Waals surface area contributed by atoms with Crippen LogP contribution in [0.15, 0.2) is 22.9 Å². The van der Waals surface area contributed by atoms with E-state index in [4.69, 9.17) is 0 Å². The Balaban J connectivity index is 2.32. The molecule has 8 heteroatoms. The number of nitrogens with zero attached hydrogens (tertiary/aromatic N) is 4. The van der Waals surface area contributed by atoms with E-state index in [-0.39, 0.29) is 11.8 Å². The quantitative estimate of drug-likeness (QED) is 0.770. The molecule has 0 radical (unpaired) electrons. The summed E-state index contributed by atoms with van der Waals surface area (Å²) in [7, 11) is 0. The van der Waals surface area contributed by atoms with Gasteiger partial charge in [-0.05, 0) is 39.9 Å². The lowest BCUT2D eigenvalue weighted by Gasteiger charge is -2.24. The monoisotopic (exact) mass is 353 g/mol. The van der Waals surface area contributed by atoms with Crippen LogP contribution in [-0.2, 0) is 11.2 Å². The molecule has 0 bridgehead atoms. The third-order valence-corrected chi connectivity index (χ3v) is 3.84. The van der Waals surface area contributed by atoms with Crippen LogP contribution < -0.4 is 0 Å². The summed E-state index contributed by atoms with van der Waals surface area (Å²) < 4.78 is 0.737. The lowest BCUT2D eigenvalue weighted by Crippen LogP contribution is -2.29. The number of hydrogen-bond donors (Lipinski definition) is 2. The number of rotatable bonds is 6. The van der Waals surface area contributed by atoms with Gasteiger partial charge in [-0.3, -0.25) is 4.79 Å². The maximum Gasteiger partial charge on any atom is 0.307 e. The number of tetrazole rings is 1. The fourth-order valence-electron chi connectivity index (χ4n) is 2.41. The molecule has 0 saturated heterocycles. The zero-order valence-corrected chi connectivity index (χ0v) is 13.3. The molecule has 21 heavy (non-hydrogen) atoms. The van der Waals surface area contributed by atoms with E-state index in [0.29, 0.717) is 12.2 Å². The summed E-state index contributed by atoms with van der Waals surface area (Å²) in [5.74, 6) is -1.44. The average Bonchev–Trinajstić information content (AvgIpc) is 2.93. The number of carbonyl (C=O) groups is 1. The van der Waals surface area contributed by atoms with E-state index in [2.05, 4.69) is 41.5 Å². The molecule has 2 aromatic rings. The zero-order valence-electron chi connectivity index (χ0n) is 11.7. The van der Waals surface area contributed by atoms with E-state index >= 15 is 0 Å². The van der Waals surface area contributed by atoms with Crippen LogP contribution in [0.2, 0.25) is 0 Å². The third kappa shape index (κ3) is 3.84. The average molecular weight is 354 g/mol. The normalized spacial score (nSPS) is 14.1. The Hall–Kier alpha value is -1.83. The van der Waals surface area contributed by atoms with Crippen molar-refractivity contribution in [1.82, 2.24) is 25.6 Å². The molecule has 0 aromatic carbocycles. The number of pyridine rings is 1. The number of nitrogens with one attached hydrogen (secondary N) is 1. The molecule has 2 unspecified atom stereocenters. The maximum atomic E-state index is 11.6.